The summed E-state index contributed by atoms with van der Waals surface area (Å²) >= 11 is 1.30. The maximum absolute atomic E-state index is 12.4. The predicted molar refractivity (Wildman–Crippen MR) is 131 cm³/mol. The number of hydrogen-bond donors (Lipinski definition) is 3. The van der Waals surface area contributed by atoms with Crippen molar-refractivity contribution in [2.45, 2.75) is 18.6 Å². The fourth-order valence-corrected chi connectivity index (χ4v) is 5.60. The second-order valence-corrected chi connectivity index (χ2v) is 11.3. The van der Waals surface area contributed by atoms with E-state index in [0.29, 0.717) is 22.9 Å². The summed E-state index contributed by atoms with van der Waals surface area (Å²) in [5.41, 5.74) is 7.81. The maximum atomic E-state index is 12.4. The molecule has 4 N–H and O–H groups in total. The summed E-state index contributed by atoms with van der Waals surface area (Å²) in [6, 6.07) is 7.25. The number of aryl methyl sites for hydroxylation is 1. The van der Waals surface area contributed by atoms with Crippen molar-refractivity contribution in [2.75, 3.05) is 23.9 Å². The molecule has 0 unspecified atom stereocenters. The Bertz CT molecular complexity index is 1080. The Morgan fingerprint density at radius 3 is 2.52 bits per heavy atom. The minimum absolute atomic E-state index is 0.0594. The van der Waals surface area contributed by atoms with Gasteiger partial charge in [0.15, 0.2) is 5.01 Å². The van der Waals surface area contributed by atoms with Crippen molar-refractivity contribution >= 4 is 56.2 Å². The van der Waals surface area contributed by atoms with E-state index < -0.39 is 0 Å². The Morgan fingerprint density at radius 1 is 1.19 bits per heavy atom. The number of nitrogens with two attached hydrogens (primary N) is 1. The molecule has 0 bridgehead atoms. The molecule has 0 saturated heterocycles. The van der Waals surface area contributed by atoms with Gasteiger partial charge in [0.25, 0.3) is 11.8 Å². The average molecular weight is 477 g/mol. The third-order valence-corrected chi connectivity index (χ3v) is 7.68. The van der Waals surface area contributed by atoms with E-state index in [0.717, 1.165) is 5.56 Å². The molecule has 0 aliphatic carbocycles. The summed E-state index contributed by atoms with van der Waals surface area (Å²) in [6.07, 6.45) is 3.60. The standard InChI is InChI=1S/C20H24N6O2S3/c1-20(2,31-29-4)11-22-18(28)19-24-14(10-30-19)12-5-7-13(8-6-12)23-17(27)16-25-15(21)9-26(16)3/h5-10H,11,21H2,1-4H3,(H,22,28)(H,23,27). The van der Waals surface area contributed by atoms with Crippen molar-refractivity contribution in [1.29, 1.82) is 0 Å². The molecule has 0 aliphatic heterocycles. The molecule has 164 valence electrons. The van der Waals surface area contributed by atoms with Crippen molar-refractivity contribution in [1.82, 2.24) is 19.9 Å². The van der Waals surface area contributed by atoms with E-state index in [4.69, 9.17) is 5.73 Å². The summed E-state index contributed by atoms with van der Waals surface area (Å²) in [4.78, 5) is 33.3. The highest BCUT2D eigenvalue weighted by Crippen LogP contribution is 2.33. The van der Waals surface area contributed by atoms with Gasteiger partial charge in [0.2, 0.25) is 5.82 Å². The van der Waals surface area contributed by atoms with Gasteiger partial charge in [0.1, 0.15) is 5.82 Å². The minimum atomic E-state index is -0.345. The van der Waals surface area contributed by atoms with Crippen LogP contribution in [-0.4, -0.2) is 43.9 Å². The van der Waals surface area contributed by atoms with Crippen LogP contribution < -0.4 is 16.4 Å². The number of amides is 2. The minimum Gasteiger partial charge on any atom is -0.382 e. The van der Waals surface area contributed by atoms with Crippen molar-refractivity contribution in [3.8, 4) is 11.3 Å². The Labute approximate surface area is 192 Å². The van der Waals surface area contributed by atoms with Crippen LogP contribution in [0.3, 0.4) is 0 Å². The fraction of sp³-hybridized carbons (Fsp3) is 0.300. The molecule has 2 heterocycles. The van der Waals surface area contributed by atoms with E-state index in [1.807, 2.05) is 23.8 Å². The number of carbonyl (C=O) groups is 2. The van der Waals surface area contributed by atoms with Crippen LogP contribution in [0.5, 0.6) is 0 Å². The van der Waals surface area contributed by atoms with E-state index in [2.05, 4.69) is 34.4 Å². The van der Waals surface area contributed by atoms with Gasteiger partial charge in [0.05, 0.1) is 5.69 Å². The number of thiazole rings is 1. The molecule has 11 heteroatoms. The van der Waals surface area contributed by atoms with Gasteiger partial charge in [-0.15, -0.1) is 11.3 Å². The first-order valence-corrected chi connectivity index (χ1v) is 12.8. The van der Waals surface area contributed by atoms with Crippen LogP contribution in [0.1, 0.15) is 34.3 Å². The van der Waals surface area contributed by atoms with E-state index >= 15 is 0 Å². The zero-order valence-electron chi connectivity index (χ0n) is 17.6. The number of hydrogen-bond acceptors (Lipinski definition) is 8. The number of anilines is 2. The molecule has 31 heavy (non-hydrogen) atoms. The lowest BCUT2D eigenvalue weighted by molar-refractivity contribution is 0.0949. The predicted octanol–water partition coefficient (Wildman–Crippen LogP) is 3.90. The van der Waals surface area contributed by atoms with E-state index in [9.17, 15) is 9.59 Å². The van der Waals surface area contributed by atoms with Crippen molar-refractivity contribution in [3.05, 3.63) is 46.7 Å². The molecule has 0 spiro atoms. The van der Waals surface area contributed by atoms with Gasteiger partial charge in [0, 0.05) is 41.2 Å². The lowest BCUT2D eigenvalue weighted by Crippen LogP contribution is -2.35. The highest BCUT2D eigenvalue weighted by atomic mass is 33.1. The molecule has 0 atom stereocenters. The number of imidazole rings is 1. The van der Waals surface area contributed by atoms with Gasteiger partial charge in [-0.3, -0.25) is 9.59 Å². The van der Waals surface area contributed by atoms with Crippen LogP contribution in [0.4, 0.5) is 11.5 Å². The van der Waals surface area contributed by atoms with Gasteiger partial charge in [-0.25, -0.2) is 9.97 Å². The highest BCUT2D eigenvalue weighted by Gasteiger charge is 2.21. The van der Waals surface area contributed by atoms with Crippen LogP contribution in [-0.2, 0) is 7.05 Å². The van der Waals surface area contributed by atoms with Crippen molar-refractivity contribution in [3.63, 3.8) is 0 Å². The number of nitrogens with zero attached hydrogens (tertiary/aromatic N) is 3. The second-order valence-electron chi connectivity index (χ2n) is 7.36. The fourth-order valence-electron chi connectivity index (χ4n) is 2.75. The Morgan fingerprint density at radius 2 is 1.90 bits per heavy atom. The molecular weight excluding hydrogens is 452 g/mol. The summed E-state index contributed by atoms with van der Waals surface area (Å²) in [5.74, 6) is 0.000148. The molecule has 2 amide bonds. The normalized spacial score (nSPS) is 11.4. The van der Waals surface area contributed by atoms with Gasteiger partial charge < -0.3 is 20.9 Å². The highest BCUT2D eigenvalue weighted by molar-refractivity contribution is 8.76. The zero-order chi connectivity index (χ0) is 22.6. The van der Waals surface area contributed by atoms with Crippen LogP contribution in [0.2, 0.25) is 0 Å². The van der Waals surface area contributed by atoms with Crippen molar-refractivity contribution < 1.29 is 9.59 Å². The first kappa shape index (κ1) is 23.2. The summed E-state index contributed by atoms with van der Waals surface area (Å²) < 4.78 is 1.51. The third kappa shape index (κ3) is 6.02. The lowest BCUT2D eigenvalue weighted by atomic mass is 10.1. The number of carbonyl (C=O) groups excluding carboxylic acids is 2. The lowest BCUT2D eigenvalue weighted by Gasteiger charge is -2.22. The number of nitrogens with one attached hydrogen (secondary N) is 2. The molecule has 2 aromatic heterocycles. The van der Waals surface area contributed by atoms with Gasteiger partial charge in [-0.05, 0) is 32.2 Å². The van der Waals surface area contributed by atoms with E-state index in [1.165, 1.54) is 11.3 Å². The molecule has 8 nitrogen and oxygen atoms in total. The molecule has 1 aromatic carbocycles. The smallest absolute Gasteiger partial charge is 0.291 e. The largest absolute Gasteiger partial charge is 0.382 e. The number of nitrogen functional groups attached to an aromatic ring is 1. The SMILES string of the molecule is CSSC(C)(C)CNC(=O)c1nc(-c2ccc(NC(=O)c3nc(N)cn3C)cc2)cs1. The van der Waals surface area contributed by atoms with Crippen LogP contribution in [0.25, 0.3) is 11.3 Å². The summed E-state index contributed by atoms with van der Waals surface area (Å²) in [7, 11) is 5.11. The molecule has 0 fully saturated rings. The van der Waals surface area contributed by atoms with Gasteiger partial charge >= 0.3 is 0 Å². The Kier molecular flexibility index (Phi) is 7.29. The average Bonchev–Trinajstić information content (AvgIpc) is 3.33. The topological polar surface area (TPSA) is 115 Å². The van der Waals surface area contributed by atoms with Crippen LogP contribution in [0, 0.1) is 0 Å². The molecular formula is C20H24N6O2S3. The van der Waals surface area contributed by atoms with Gasteiger partial charge in [-0.2, -0.15) is 0 Å². The Hall–Kier alpha value is -2.50. The number of benzene rings is 1. The monoisotopic (exact) mass is 476 g/mol. The molecule has 3 rings (SSSR count). The third-order valence-electron chi connectivity index (χ3n) is 4.22. The molecule has 0 aliphatic rings. The zero-order valence-corrected chi connectivity index (χ0v) is 20.1. The first-order chi connectivity index (χ1) is 14.7. The molecule has 3 aromatic rings. The van der Waals surface area contributed by atoms with Crippen LogP contribution >= 0.6 is 32.9 Å². The second kappa shape index (κ2) is 9.75. The molecule has 0 radical (unpaired) electrons. The number of rotatable bonds is 8. The summed E-state index contributed by atoms with van der Waals surface area (Å²) in [5, 5.41) is 8.01. The van der Waals surface area contributed by atoms with Crippen molar-refractivity contribution in [2.24, 2.45) is 7.05 Å². The van der Waals surface area contributed by atoms with Gasteiger partial charge in [-0.1, -0.05) is 33.7 Å². The van der Waals surface area contributed by atoms with E-state index in [1.54, 1.807) is 51.5 Å². The number of aromatic nitrogens is 3. The van der Waals surface area contributed by atoms with Crippen LogP contribution in [0.15, 0.2) is 35.8 Å². The first-order valence-electron chi connectivity index (χ1n) is 9.35. The quantitative estimate of drug-likeness (QED) is 0.422. The summed E-state index contributed by atoms with van der Waals surface area (Å²) in [6.45, 7) is 4.73. The van der Waals surface area contributed by atoms with E-state index in [-0.39, 0.29) is 28.2 Å². The maximum Gasteiger partial charge on any atom is 0.291 e. The Balaban J connectivity index is 1.63. The molecule has 0 saturated carbocycles.